The van der Waals surface area contributed by atoms with E-state index in [1.54, 1.807) is 6.20 Å². The van der Waals surface area contributed by atoms with Crippen LogP contribution in [0.3, 0.4) is 0 Å². The molecule has 1 unspecified atom stereocenters. The zero-order chi connectivity index (χ0) is 16.0. The van der Waals surface area contributed by atoms with Crippen LogP contribution in [0.5, 0.6) is 0 Å². The monoisotopic (exact) mass is 293 g/mol. The predicted molar refractivity (Wildman–Crippen MR) is 86.5 cm³/mol. The number of aryl methyl sites for hydroxylation is 1. The van der Waals surface area contributed by atoms with Gasteiger partial charge in [0.05, 0.1) is 0 Å². The molecule has 0 radical (unpaired) electrons. The van der Waals surface area contributed by atoms with E-state index in [-0.39, 0.29) is 17.5 Å². The summed E-state index contributed by atoms with van der Waals surface area (Å²) in [6.45, 7) is 12.5. The van der Waals surface area contributed by atoms with Gasteiger partial charge in [0.1, 0.15) is 11.9 Å². The minimum absolute atomic E-state index is 0.0522. The molecule has 1 atom stereocenters. The standard InChI is InChI=1S/C15H27N5O/c1-7-8-16-14-17-9-10(2)12(19-14)18-11(3)13(21)20-15(4,5)6/h9,11H,7-8H2,1-6H3,(H,20,21)(H2,16,17,18,19). The average molecular weight is 293 g/mol. The predicted octanol–water partition coefficient (Wildman–Crippen LogP) is 2.32. The fraction of sp³-hybridized carbons (Fsp3) is 0.667. The molecule has 3 N–H and O–H groups in total. The molecule has 1 aromatic rings. The second-order valence-electron chi connectivity index (χ2n) is 6.26. The Morgan fingerprint density at radius 1 is 1.38 bits per heavy atom. The van der Waals surface area contributed by atoms with Gasteiger partial charge >= 0.3 is 0 Å². The van der Waals surface area contributed by atoms with Gasteiger partial charge in [0.2, 0.25) is 11.9 Å². The van der Waals surface area contributed by atoms with Crippen molar-refractivity contribution in [3.63, 3.8) is 0 Å². The highest BCUT2D eigenvalue weighted by Crippen LogP contribution is 2.14. The van der Waals surface area contributed by atoms with E-state index in [1.165, 1.54) is 0 Å². The first-order valence-electron chi connectivity index (χ1n) is 7.39. The van der Waals surface area contributed by atoms with Crippen LogP contribution in [-0.2, 0) is 4.79 Å². The van der Waals surface area contributed by atoms with Gasteiger partial charge in [0.25, 0.3) is 0 Å². The Hall–Kier alpha value is -1.85. The van der Waals surface area contributed by atoms with E-state index >= 15 is 0 Å². The van der Waals surface area contributed by atoms with Crippen molar-refractivity contribution in [2.45, 2.75) is 59.5 Å². The van der Waals surface area contributed by atoms with E-state index in [0.717, 1.165) is 18.5 Å². The molecule has 0 aliphatic heterocycles. The molecule has 1 heterocycles. The molecular weight excluding hydrogens is 266 g/mol. The molecular formula is C15H27N5O. The quantitative estimate of drug-likeness (QED) is 0.750. The Morgan fingerprint density at radius 2 is 2.05 bits per heavy atom. The van der Waals surface area contributed by atoms with Crippen molar-refractivity contribution >= 4 is 17.7 Å². The fourth-order valence-corrected chi connectivity index (χ4v) is 1.66. The molecule has 1 rings (SSSR count). The highest BCUT2D eigenvalue weighted by atomic mass is 16.2. The number of anilines is 2. The van der Waals surface area contributed by atoms with Crippen LogP contribution in [0.15, 0.2) is 6.20 Å². The Bertz CT molecular complexity index is 481. The zero-order valence-electron chi connectivity index (χ0n) is 13.9. The highest BCUT2D eigenvalue weighted by Gasteiger charge is 2.20. The lowest BCUT2D eigenvalue weighted by atomic mass is 10.1. The number of amides is 1. The first kappa shape index (κ1) is 17.2. The molecule has 118 valence electrons. The third-order valence-electron chi connectivity index (χ3n) is 2.75. The van der Waals surface area contributed by atoms with Crippen LogP contribution < -0.4 is 16.0 Å². The lowest BCUT2D eigenvalue weighted by Gasteiger charge is -2.24. The molecule has 0 aliphatic rings. The van der Waals surface area contributed by atoms with Gasteiger partial charge in [-0.25, -0.2) is 4.98 Å². The molecule has 0 saturated heterocycles. The summed E-state index contributed by atoms with van der Waals surface area (Å²) in [5.74, 6) is 1.21. The maximum atomic E-state index is 12.1. The van der Waals surface area contributed by atoms with Crippen LogP contribution in [-0.4, -0.2) is 34.0 Å². The van der Waals surface area contributed by atoms with Crippen LogP contribution in [0.4, 0.5) is 11.8 Å². The zero-order valence-corrected chi connectivity index (χ0v) is 13.9. The molecule has 0 spiro atoms. The van der Waals surface area contributed by atoms with Crippen molar-refractivity contribution in [3.05, 3.63) is 11.8 Å². The van der Waals surface area contributed by atoms with Gasteiger partial charge in [-0.05, 0) is 41.0 Å². The van der Waals surface area contributed by atoms with Crippen molar-refractivity contribution in [3.8, 4) is 0 Å². The largest absolute Gasteiger partial charge is 0.358 e. The molecule has 0 fully saturated rings. The number of carbonyl (C=O) groups is 1. The Kier molecular flexibility index (Phi) is 5.93. The van der Waals surface area contributed by atoms with Crippen molar-refractivity contribution in [2.24, 2.45) is 0 Å². The maximum absolute atomic E-state index is 12.1. The molecule has 0 aliphatic carbocycles. The van der Waals surface area contributed by atoms with E-state index in [9.17, 15) is 4.79 Å². The molecule has 6 heteroatoms. The second kappa shape index (κ2) is 7.24. The Morgan fingerprint density at radius 3 is 2.62 bits per heavy atom. The van der Waals surface area contributed by atoms with E-state index in [2.05, 4.69) is 32.8 Å². The molecule has 6 nitrogen and oxygen atoms in total. The van der Waals surface area contributed by atoms with Gasteiger partial charge in [-0.2, -0.15) is 4.98 Å². The van der Waals surface area contributed by atoms with Crippen LogP contribution in [0.1, 0.15) is 46.6 Å². The molecule has 1 aromatic heterocycles. The number of rotatable bonds is 6. The summed E-state index contributed by atoms with van der Waals surface area (Å²) in [6.07, 6.45) is 2.76. The number of nitrogens with one attached hydrogen (secondary N) is 3. The van der Waals surface area contributed by atoms with Gasteiger partial charge in [0, 0.05) is 23.8 Å². The summed E-state index contributed by atoms with van der Waals surface area (Å²) in [4.78, 5) is 20.7. The van der Waals surface area contributed by atoms with E-state index < -0.39 is 0 Å². The van der Waals surface area contributed by atoms with Crippen molar-refractivity contribution in [2.75, 3.05) is 17.2 Å². The summed E-state index contributed by atoms with van der Waals surface area (Å²) in [5, 5.41) is 9.23. The smallest absolute Gasteiger partial charge is 0.242 e. The summed E-state index contributed by atoms with van der Waals surface area (Å²) in [5.41, 5.74) is 0.661. The van der Waals surface area contributed by atoms with Gasteiger partial charge in [-0.1, -0.05) is 6.92 Å². The Balaban J connectivity index is 2.74. The van der Waals surface area contributed by atoms with Gasteiger partial charge in [-0.15, -0.1) is 0 Å². The van der Waals surface area contributed by atoms with E-state index in [4.69, 9.17) is 0 Å². The van der Waals surface area contributed by atoms with Crippen LogP contribution in [0.25, 0.3) is 0 Å². The minimum atomic E-state index is -0.364. The SMILES string of the molecule is CCCNc1ncc(C)c(NC(C)C(=O)NC(C)(C)C)n1. The summed E-state index contributed by atoms with van der Waals surface area (Å²) >= 11 is 0. The third kappa shape index (κ3) is 5.97. The van der Waals surface area contributed by atoms with E-state index in [0.29, 0.717) is 11.8 Å². The fourth-order valence-electron chi connectivity index (χ4n) is 1.66. The number of nitrogens with zero attached hydrogens (tertiary/aromatic N) is 2. The highest BCUT2D eigenvalue weighted by molar-refractivity contribution is 5.84. The lowest BCUT2D eigenvalue weighted by molar-refractivity contribution is -0.122. The minimum Gasteiger partial charge on any atom is -0.358 e. The number of carbonyl (C=O) groups excluding carboxylic acids is 1. The van der Waals surface area contributed by atoms with Crippen molar-refractivity contribution in [1.29, 1.82) is 0 Å². The van der Waals surface area contributed by atoms with E-state index in [1.807, 2.05) is 34.6 Å². The summed E-state index contributed by atoms with van der Waals surface area (Å²) in [7, 11) is 0. The second-order valence-corrected chi connectivity index (χ2v) is 6.26. The lowest BCUT2D eigenvalue weighted by Crippen LogP contribution is -2.47. The van der Waals surface area contributed by atoms with Gasteiger partial charge in [-0.3, -0.25) is 4.79 Å². The molecule has 0 saturated carbocycles. The van der Waals surface area contributed by atoms with Crippen LogP contribution in [0.2, 0.25) is 0 Å². The number of aromatic nitrogens is 2. The first-order chi connectivity index (χ1) is 9.73. The first-order valence-corrected chi connectivity index (χ1v) is 7.39. The number of hydrogen-bond acceptors (Lipinski definition) is 5. The third-order valence-corrected chi connectivity index (χ3v) is 2.75. The Labute approximate surface area is 127 Å². The number of hydrogen-bond donors (Lipinski definition) is 3. The topological polar surface area (TPSA) is 78.9 Å². The van der Waals surface area contributed by atoms with Gasteiger partial charge < -0.3 is 16.0 Å². The molecule has 1 amide bonds. The van der Waals surface area contributed by atoms with Gasteiger partial charge in [0.15, 0.2) is 0 Å². The summed E-state index contributed by atoms with van der Waals surface area (Å²) in [6, 6.07) is -0.364. The average Bonchev–Trinajstić information content (AvgIpc) is 2.37. The molecule has 0 bridgehead atoms. The van der Waals surface area contributed by atoms with Crippen molar-refractivity contribution in [1.82, 2.24) is 15.3 Å². The molecule has 21 heavy (non-hydrogen) atoms. The summed E-state index contributed by atoms with van der Waals surface area (Å²) < 4.78 is 0. The van der Waals surface area contributed by atoms with Crippen molar-refractivity contribution < 1.29 is 4.79 Å². The maximum Gasteiger partial charge on any atom is 0.242 e. The normalized spacial score (nSPS) is 12.7. The van der Waals surface area contributed by atoms with Crippen LogP contribution in [0, 0.1) is 6.92 Å². The van der Waals surface area contributed by atoms with Crippen LogP contribution >= 0.6 is 0 Å². The molecule has 0 aromatic carbocycles.